The number of ether oxygens (including phenoxy) is 2. The molecule has 0 aromatic heterocycles. The van der Waals surface area contributed by atoms with E-state index in [2.05, 4.69) is 17.9 Å². The number of para-hydroxylation sites is 1. The number of piperidine rings is 1. The number of carboxylic acids is 4. The van der Waals surface area contributed by atoms with Crippen molar-refractivity contribution in [2.45, 2.75) is 38.1 Å². The summed E-state index contributed by atoms with van der Waals surface area (Å²) in [5.41, 5.74) is 6.65. The molecule has 0 saturated carbocycles. The van der Waals surface area contributed by atoms with Gasteiger partial charge in [-0.1, -0.05) is 18.2 Å². The number of nitrogens with zero attached hydrogens (tertiary/aromatic N) is 1. The maximum Gasteiger partial charge on any atom is 0.414 e. The molecule has 1 spiro atoms. The fourth-order valence-corrected chi connectivity index (χ4v) is 3.26. The normalized spacial score (nSPS) is 18.9. The van der Waals surface area contributed by atoms with Gasteiger partial charge in [-0.25, -0.2) is 19.2 Å². The van der Waals surface area contributed by atoms with Gasteiger partial charge >= 0.3 is 23.9 Å². The molecular weight excluding hydrogens is 428 g/mol. The van der Waals surface area contributed by atoms with Crippen LogP contribution in [0.3, 0.4) is 0 Å². The molecule has 32 heavy (non-hydrogen) atoms. The minimum absolute atomic E-state index is 0.0891. The molecule has 12 nitrogen and oxygen atoms in total. The van der Waals surface area contributed by atoms with Gasteiger partial charge in [0.05, 0.1) is 6.61 Å². The summed E-state index contributed by atoms with van der Waals surface area (Å²) in [5.74, 6) is -6.32. The summed E-state index contributed by atoms with van der Waals surface area (Å²) < 4.78 is 12.5. The number of benzene rings is 1. The Morgan fingerprint density at radius 2 is 1.50 bits per heavy atom. The third-order valence-corrected chi connectivity index (χ3v) is 5.05. The summed E-state index contributed by atoms with van der Waals surface area (Å²) in [6.45, 7) is 6.58. The zero-order chi connectivity index (χ0) is 24.3. The molecule has 6 N–H and O–H groups in total. The third kappa shape index (κ3) is 8.13. The molecule has 12 heteroatoms. The van der Waals surface area contributed by atoms with Gasteiger partial charge in [-0.2, -0.15) is 0 Å². The lowest BCUT2D eigenvalue weighted by atomic mass is 9.86. The van der Waals surface area contributed by atoms with E-state index in [4.69, 9.17) is 54.8 Å². The van der Waals surface area contributed by atoms with Crippen LogP contribution in [-0.2, 0) is 30.5 Å². The fraction of sp³-hybridized carbons (Fsp3) is 0.500. The molecule has 0 amide bonds. The monoisotopic (exact) mass is 456 g/mol. The van der Waals surface area contributed by atoms with Crippen molar-refractivity contribution in [2.75, 3.05) is 26.2 Å². The van der Waals surface area contributed by atoms with Gasteiger partial charge in [0.1, 0.15) is 17.5 Å². The maximum atomic E-state index is 9.10. The molecule has 0 aliphatic carbocycles. The number of hydrogen-bond donors (Lipinski definition) is 5. The summed E-state index contributed by atoms with van der Waals surface area (Å²) >= 11 is 0. The molecule has 3 rings (SSSR count). The average Bonchev–Trinajstić information content (AvgIpc) is 2.88. The molecule has 178 valence electrons. The van der Waals surface area contributed by atoms with Crippen LogP contribution in [0, 0.1) is 0 Å². The number of hydrogen-bond acceptors (Lipinski definition) is 8. The fourth-order valence-electron chi connectivity index (χ4n) is 3.26. The highest BCUT2D eigenvalue weighted by Gasteiger charge is 2.43. The molecule has 1 saturated heterocycles. The maximum absolute atomic E-state index is 9.10. The molecule has 2 aliphatic heterocycles. The summed E-state index contributed by atoms with van der Waals surface area (Å²) in [6, 6.07) is 8.19. The van der Waals surface area contributed by atoms with E-state index in [1.54, 1.807) is 0 Å². The van der Waals surface area contributed by atoms with Crippen LogP contribution >= 0.6 is 0 Å². The lowest BCUT2D eigenvalue weighted by Crippen LogP contribution is -2.53. The standard InChI is InChI=1S/C16H24N2O2.2C2H2O4/c1-13-16(6-9-18(10-7-16)11-8-17)19-12-14-4-2-3-5-15(14)20-13;2*3-1(4)2(5)6/h2-5,13H,6-12,17H2,1H3;2*(H,3,4)(H,5,6). The zero-order valence-corrected chi connectivity index (χ0v) is 17.6. The van der Waals surface area contributed by atoms with Gasteiger partial charge in [-0.05, 0) is 25.8 Å². The van der Waals surface area contributed by atoms with Crippen molar-refractivity contribution in [2.24, 2.45) is 5.73 Å². The van der Waals surface area contributed by atoms with Crippen LogP contribution in [0.4, 0.5) is 0 Å². The molecule has 0 bridgehead atoms. The number of carboxylic acid groups (broad SMARTS) is 4. The SMILES string of the molecule is CC1Oc2ccccc2COC12CCN(CCN)CC2.O=C(O)C(=O)O.O=C(O)C(=O)O. The molecule has 1 fully saturated rings. The second-order valence-corrected chi connectivity index (χ2v) is 7.07. The van der Waals surface area contributed by atoms with E-state index < -0.39 is 23.9 Å². The number of rotatable bonds is 2. The molecule has 2 aliphatic rings. The van der Waals surface area contributed by atoms with Crippen molar-refractivity contribution in [3.8, 4) is 5.75 Å². The van der Waals surface area contributed by atoms with Crippen LogP contribution in [0.15, 0.2) is 24.3 Å². The van der Waals surface area contributed by atoms with E-state index in [0.717, 1.165) is 50.3 Å². The lowest BCUT2D eigenvalue weighted by Gasteiger charge is -2.43. The Morgan fingerprint density at radius 1 is 1.00 bits per heavy atom. The van der Waals surface area contributed by atoms with E-state index in [-0.39, 0.29) is 11.7 Å². The highest BCUT2D eigenvalue weighted by atomic mass is 16.6. The predicted molar refractivity (Wildman–Crippen MR) is 109 cm³/mol. The summed E-state index contributed by atoms with van der Waals surface area (Å²) in [7, 11) is 0. The van der Waals surface area contributed by atoms with Gasteiger partial charge in [0.2, 0.25) is 0 Å². The summed E-state index contributed by atoms with van der Waals surface area (Å²) in [6.07, 6.45) is 2.12. The minimum atomic E-state index is -1.82. The van der Waals surface area contributed by atoms with Gasteiger partial charge in [-0.15, -0.1) is 0 Å². The lowest BCUT2D eigenvalue weighted by molar-refractivity contribution is -0.159. The van der Waals surface area contributed by atoms with Crippen molar-refractivity contribution in [1.29, 1.82) is 0 Å². The van der Waals surface area contributed by atoms with Crippen LogP contribution < -0.4 is 10.5 Å². The van der Waals surface area contributed by atoms with Crippen LogP contribution in [0.2, 0.25) is 0 Å². The third-order valence-electron chi connectivity index (χ3n) is 5.05. The topological polar surface area (TPSA) is 197 Å². The van der Waals surface area contributed by atoms with Crippen LogP contribution in [0.5, 0.6) is 5.75 Å². The van der Waals surface area contributed by atoms with Crippen molar-refractivity contribution < 1.29 is 49.1 Å². The number of likely N-dealkylation sites (tertiary alicyclic amines) is 1. The van der Waals surface area contributed by atoms with E-state index in [1.807, 2.05) is 18.2 Å². The Morgan fingerprint density at radius 3 is 1.97 bits per heavy atom. The molecule has 2 heterocycles. The molecule has 1 atom stereocenters. The Balaban J connectivity index is 0.000000355. The first kappa shape index (κ1) is 26.8. The molecule has 1 aromatic carbocycles. The molecule has 1 unspecified atom stereocenters. The number of fused-ring (bicyclic) bond motifs is 1. The van der Waals surface area contributed by atoms with Crippen LogP contribution in [0.1, 0.15) is 25.3 Å². The highest BCUT2D eigenvalue weighted by molar-refractivity contribution is 6.27. The molecule has 0 radical (unpaired) electrons. The van der Waals surface area contributed by atoms with Crippen molar-refractivity contribution in [1.82, 2.24) is 4.90 Å². The van der Waals surface area contributed by atoms with E-state index >= 15 is 0 Å². The number of carbonyl (C=O) groups is 4. The van der Waals surface area contributed by atoms with Gasteiger partial charge in [0, 0.05) is 31.7 Å². The number of nitrogens with two attached hydrogens (primary N) is 1. The second kappa shape index (κ2) is 12.6. The minimum Gasteiger partial charge on any atom is -0.487 e. The largest absolute Gasteiger partial charge is 0.487 e. The average molecular weight is 456 g/mol. The molecule has 1 aromatic rings. The van der Waals surface area contributed by atoms with E-state index in [1.165, 1.54) is 0 Å². The van der Waals surface area contributed by atoms with E-state index in [0.29, 0.717) is 6.61 Å². The number of aliphatic carboxylic acids is 4. The van der Waals surface area contributed by atoms with E-state index in [9.17, 15) is 0 Å². The van der Waals surface area contributed by atoms with Crippen molar-refractivity contribution >= 4 is 23.9 Å². The summed E-state index contributed by atoms with van der Waals surface area (Å²) in [4.78, 5) is 38.8. The Bertz CT molecular complexity index is 757. The van der Waals surface area contributed by atoms with Crippen molar-refractivity contribution in [3.05, 3.63) is 29.8 Å². The first-order chi connectivity index (χ1) is 15.0. The van der Waals surface area contributed by atoms with Crippen LogP contribution in [0.25, 0.3) is 0 Å². The Labute approximate surface area is 184 Å². The van der Waals surface area contributed by atoms with Gasteiger partial charge in [0.15, 0.2) is 0 Å². The zero-order valence-electron chi connectivity index (χ0n) is 17.6. The second-order valence-electron chi connectivity index (χ2n) is 7.07. The van der Waals surface area contributed by atoms with Gasteiger partial charge in [0.25, 0.3) is 0 Å². The smallest absolute Gasteiger partial charge is 0.414 e. The van der Waals surface area contributed by atoms with Gasteiger partial charge in [-0.3, -0.25) is 0 Å². The summed E-state index contributed by atoms with van der Waals surface area (Å²) in [5, 5.41) is 29.6. The molecular formula is C20H28N2O10. The highest BCUT2D eigenvalue weighted by Crippen LogP contribution is 2.37. The first-order valence-electron chi connectivity index (χ1n) is 9.75. The van der Waals surface area contributed by atoms with Gasteiger partial charge < -0.3 is 40.5 Å². The van der Waals surface area contributed by atoms with Crippen LogP contribution in [-0.4, -0.2) is 87.1 Å². The van der Waals surface area contributed by atoms with Crippen molar-refractivity contribution in [3.63, 3.8) is 0 Å². The first-order valence-corrected chi connectivity index (χ1v) is 9.75. The Hall–Kier alpha value is -3.22. The quantitative estimate of drug-likeness (QED) is 0.377. The predicted octanol–water partition coefficient (Wildman–Crippen LogP) is 0.0886. The Kier molecular flexibility index (Phi) is 10.5.